The molecule has 0 fully saturated rings. The Morgan fingerprint density at radius 1 is 0.240 bits per heavy atom. The Hall–Kier alpha value is -5.46. The topological polar surface area (TPSA) is 0 Å². The van der Waals surface area contributed by atoms with Gasteiger partial charge in [0.2, 0.25) is 0 Å². The minimum Gasteiger partial charge on any atom is -0.0625 e. The van der Waals surface area contributed by atoms with Gasteiger partial charge in [-0.25, -0.2) is 0 Å². The van der Waals surface area contributed by atoms with Crippen molar-refractivity contribution in [2.45, 2.75) is 371 Å². The first-order valence-electron chi connectivity index (χ1n) is 39.1. The van der Waals surface area contributed by atoms with Crippen LogP contribution in [0.2, 0.25) is 0 Å². The summed E-state index contributed by atoms with van der Waals surface area (Å²) in [6.45, 7) is 93.3. The number of rotatable bonds is 9. The Morgan fingerprint density at radius 2 is 0.490 bits per heavy atom. The first-order chi connectivity index (χ1) is 45.4. The molecule has 0 aromatic heterocycles. The van der Waals surface area contributed by atoms with E-state index in [1.54, 1.807) is 27.8 Å². The SMILES string of the molecule is CC(C)(C)c1ccccc1C(C)(C)C.CC(C)Cc1cccc(CC(C)C)c1C(C)(C)C.CC(C)c1cccc(C(C)C)c1C(C)(C)C.CC(C)c1ccccc1C(C)(C)C.CCc1cccc(CC)c1C(C)(C)C.Cc1cc(C)c(C(C)(C)C)c(C)c1.Cc1cccc(C)c1C(C)(C)C. The minimum absolute atomic E-state index is 0.237. The van der Waals surface area contributed by atoms with Crippen LogP contribution in [0.5, 0.6) is 0 Å². The van der Waals surface area contributed by atoms with Crippen LogP contribution in [0, 0.1) is 46.5 Å². The fourth-order valence-corrected chi connectivity index (χ4v) is 15.3. The molecule has 0 N–H and O–H groups in total. The standard InChI is InChI=1S/C18H30.C16H26.2C14H22.2C13H20.C12H18/c1-13(2)11-15-9-8-10-16(12-14(3)4)17(15)18(5,6)7;1-11(2)13-9-8-10-14(12(3)4)15(13)16(5,6)7;1-13(2,3)11-9-7-8-10-12(11)14(4,5)6;1-6-11-9-8-10-12(7-2)13(11)14(3,4)5;1-9-7-10(2)12(11(3)8-9)13(4,5)6;1-10(2)11-8-6-7-9-12(11)13(3,4)5;1-9-7-6-8-10(2)11(9)12(3,4)5/h8-10,13-14H,11-12H2,1-7H3;8-12H,1-7H3;7-10H,1-6H3;8-10H,6-7H2,1-5H3;7-8H,1-6H3;6-10H,1-5H3;6-8H,1-5H3. The molecule has 0 heterocycles. The molecule has 0 aliphatic rings. The highest BCUT2D eigenvalue weighted by Gasteiger charge is 2.28. The largest absolute Gasteiger partial charge is 0.0625 e. The minimum atomic E-state index is 0.237. The molecular formula is C100H158. The number of hydrogen-bond donors (Lipinski definition) is 0. The molecule has 0 unspecified atom stereocenters. The predicted molar refractivity (Wildman–Crippen MR) is 456 cm³/mol. The van der Waals surface area contributed by atoms with E-state index in [4.69, 9.17) is 0 Å². The molecule has 0 aliphatic heterocycles. The predicted octanol–water partition coefficient (Wildman–Crippen LogP) is 30.6. The number of benzene rings is 7. The van der Waals surface area contributed by atoms with Gasteiger partial charge in [-0.15, -0.1) is 0 Å². The lowest BCUT2D eigenvalue weighted by molar-refractivity contribution is 0.530. The van der Waals surface area contributed by atoms with Gasteiger partial charge in [-0.2, -0.15) is 0 Å². The smallest absolute Gasteiger partial charge is 0.0126 e. The van der Waals surface area contributed by atoms with Gasteiger partial charge in [0.05, 0.1) is 0 Å². The van der Waals surface area contributed by atoms with Gasteiger partial charge in [0, 0.05) is 0 Å². The monoisotopic (exact) mass is 1360 g/mol. The fourth-order valence-electron chi connectivity index (χ4n) is 15.3. The van der Waals surface area contributed by atoms with Gasteiger partial charge in [-0.3, -0.25) is 0 Å². The lowest BCUT2D eigenvalue weighted by Gasteiger charge is -2.29. The summed E-state index contributed by atoms with van der Waals surface area (Å²) in [5, 5.41) is 0. The highest BCUT2D eigenvalue weighted by Crippen LogP contribution is 2.39. The Balaban J connectivity index is 0.000000585. The zero-order chi connectivity index (χ0) is 77.8. The summed E-state index contributed by atoms with van der Waals surface area (Å²) in [6, 6.07) is 49.0. The molecule has 0 heteroatoms. The lowest BCUT2D eigenvalue weighted by atomic mass is 9.75. The van der Waals surface area contributed by atoms with E-state index < -0.39 is 0 Å². The van der Waals surface area contributed by atoms with Gasteiger partial charge in [0.15, 0.2) is 0 Å². The third-order valence-corrected chi connectivity index (χ3v) is 18.7. The van der Waals surface area contributed by atoms with E-state index in [2.05, 4.69) is 417 Å². The molecule has 558 valence electrons. The van der Waals surface area contributed by atoms with Crippen molar-refractivity contribution in [3.8, 4) is 0 Å². The average Bonchev–Trinajstić information content (AvgIpc) is 0.817. The third kappa shape index (κ3) is 30.1. The molecule has 0 saturated heterocycles. The molecule has 0 amide bonds. The summed E-state index contributed by atoms with van der Waals surface area (Å²) in [4.78, 5) is 0. The second-order valence-corrected chi connectivity index (χ2v) is 39.3. The normalized spacial score (nSPS) is 12.3. The van der Waals surface area contributed by atoms with E-state index in [-0.39, 0.29) is 43.3 Å². The summed E-state index contributed by atoms with van der Waals surface area (Å²) in [5.41, 5.74) is 31.8. The number of hydrogen-bond acceptors (Lipinski definition) is 0. The van der Waals surface area contributed by atoms with Crippen molar-refractivity contribution in [1.82, 2.24) is 0 Å². The van der Waals surface area contributed by atoms with Gasteiger partial charge in [0.1, 0.15) is 0 Å². The Labute approximate surface area is 623 Å². The summed E-state index contributed by atoms with van der Waals surface area (Å²) < 4.78 is 0. The molecule has 0 saturated carbocycles. The second-order valence-electron chi connectivity index (χ2n) is 39.3. The van der Waals surface area contributed by atoms with E-state index in [0.717, 1.165) is 24.7 Å². The van der Waals surface area contributed by atoms with Gasteiger partial charge in [0.25, 0.3) is 0 Å². The van der Waals surface area contributed by atoms with Crippen LogP contribution in [-0.4, -0.2) is 0 Å². The molecule has 0 radical (unpaired) electrons. The van der Waals surface area contributed by atoms with Crippen LogP contribution in [-0.2, 0) is 69.0 Å². The molecular weight excluding hydrogens is 1200 g/mol. The Bertz CT molecular complexity index is 3380. The molecule has 0 nitrogen and oxygen atoms in total. The summed E-state index contributed by atoms with van der Waals surface area (Å²) in [7, 11) is 0. The highest BCUT2D eigenvalue weighted by atomic mass is 14.3. The zero-order valence-corrected chi connectivity index (χ0v) is 73.4. The second kappa shape index (κ2) is 38.9. The molecule has 0 bridgehead atoms. The molecule has 0 atom stereocenters. The first-order valence-corrected chi connectivity index (χ1v) is 39.1. The van der Waals surface area contributed by atoms with Crippen LogP contribution in [0.3, 0.4) is 0 Å². The van der Waals surface area contributed by atoms with E-state index in [1.807, 2.05) is 0 Å². The lowest BCUT2D eigenvalue weighted by Crippen LogP contribution is -2.21. The maximum absolute atomic E-state index is 2.34. The van der Waals surface area contributed by atoms with Crippen LogP contribution in [0.4, 0.5) is 0 Å². The summed E-state index contributed by atoms with van der Waals surface area (Å²) >= 11 is 0. The van der Waals surface area contributed by atoms with E-state index in [1.165, 1.54) is 96.3 Å². The van der Waals surface area contributed by atoms with Crippen molar-refractivity contribution in [3.63, 3.8) is 0 Å². The van der Waals surface area contributed by atoms with Gasteiger partial charge in [-0.05, 0) is 239 Å². The third-order valence-electron chi connectivity index (χ3n) is 18.7. The zero-order valence-electron chi connectivity index (χ0n) is 73.4. The van der Waals surface area contributed by atoms with Gasteiger partial charge < -0.3 is 0 Å². The Kier molecular flexibility index (Phi) is 36.0. The summed E-state index contributed by atoms with van der Waals surface area (Å²) in [5.74, 6) is 3.28. The van der Waals surface area contributed by atoms with Gasteiger partial charge >= 0.3 is 0 Å². The summed E-state index contributed by atoms with van der Waals surface area (Å²) in [6.07, 6.45) is 4.66. The van der Waals surface area contributed by atoms with Crippen molar-refractivity contribution >= 4 is 0 Å². The molecule has 7 rings (SSSR count). The van der Waals surface area contributed by atoms with Crippen molar-refractivity contribution in [2.24, 2.45) is 11.8 Å². The fraction of sp³-hybridized carbons (Fsp3) is 0.580. The molecule has 0 aliphatic carbocycles. The molecule has 100 heavy (non-hydrogen) atoms. The molecule has 0 spiro atoms. The first kappa shape index (κ1) is 92.6. The van der Waals surface area contributed by atoms with Crippen LogP contribution in [0.1, 0.15) is 378 Å². The van der Waals surface area contributed by atoms with Crippen LogP contribution >= 0.6 is 0 Å². The molecule has 7 aromatic rings. The maximum Gasteiger partial charge on any atom is -0.0126 e. The van der Waals surface area contributed by atoms with Crippen LogP contribution in [0.15, 0.2) is 133 Å². The Morgan fingerprint density at radius 3 is 0.750 bits per heavy atom. The average molecular weight is 1360 g/mol. The van der Waals surface area contributed by atoms with Gasteiger partial charge in [-0.1, -0.05) is 388 Å². The van der Waals surface area contributed by atoms with Crippen molar-refractivity contribution in [2.75, 3.05) is 0 Å². The molecule has 7 aromatic carbocycles. The quantitative estimate of drug-likeness (QED) is 0.135. The van der Waals surface area contributed by atoms with Crippen molar-refractivity contribution in [3.05, 3.63) is 245 Å². The number of aryl methyl sites for hydroxylation is 7. The van der Waals surface area contributed by atoms with Crippen LogP contribution in [0.25, 0.3) is 0 Å². The van der Waals surface area contributed by atoms with E-state index in [9.17, 15) is 0 Å². The van der Waals surface area contributed by atoms with E-state index in [0.29, 0.717) is 17.8 Å². The highest BCUT2D eigenvalue weighted by molar-refractivity contribution is 5.46. The van der Waals surface area contributed by atoms with E-state index >= 15 is 0 Å². The van der Waals surface area contributed by atoms with Crippen LogP contribution < -0.4 is 0 Å². The van der Waals surface area contributed by atoms with Crippen molar-refractivity contribution in [1.29, 1.82) is 0 Å². The van der Waals surface area contributed by atoms with Crippen molar-refractivity contribution < 1.29 is 0 Å². The maximum atomic E-state index is 2.34.